The van der Waals surface area contributed by atoms with Gasteiger partial charge in [0.15, 0.2) is 16.6 Å². The van der Waals surface area contributed by atoms with E-state index in [-0.39, 0.29) is 18.2 Å². The highest BCUT2D eigenvalue weighted by Gasteiger charge is 2.43. The molecule has 0 aromatic heterocycles. The van der Waals surface area contributed by atoms with Crippen molar-refractivity contribution in [3.8, 4) is 11.5 Å². The Kier molecular flexibility index (Phi) is 8.07. The van der Waals surface area contributed by atoms with Gasteiger partial charge in [-0.3, -0.25) is 9.59 Å². The van der Waals surface area contributed by atoms with Gasteiger partial charge in [0.05, 0.1) is 26.3 Å². The lowest BCUT2D eigenvalue weighted by molar-refractivity contribution is -0.122. The van der Waals surface area contributed by atoms with Gasteiger partial charge in [0.2, 0.25) is 5.91 Å². The van der Waals surface area contributed by atoms with Gasteiger partial charge in [-0.15, -0.1) is 0 Å². The van der Waals surface area contributed by atoms with E-state index in [9.17, 15) is 9.59 Å². The summed E-state index contributed by atoms with van der Waals surface area (Å²) in [4.78, 5) is 29.4. The van der Waals surface area contributed by atoms with Crippen molar-refractivity contribution in [3.63, 3.8) is 0 Å². The molecule has 1 unspecified atom stereocenters. The molecule has 1 atom stereocenters. The maximum atomic E-state index is 13.5. The van der Waals surface area contributed by atoms with E-state index >= 15 is 0 Å². The van der Waals surface area contributed by atoms with Gasteiger partial charge in [-0.1, -0.05) is 35.9 Å². The number of thiocarbonyl (C=S) groups is 1. The Morgan fingerprint density at radius 3 is 2.39 bits per heavy atom. The molecule has 0 spiro atoms. The summed E-state index contributed by atoms with van der Waals surface area (Å²) in [5.74, 6) is 0.639. The molecule has 4 rings (SSSR count). The first kappa shape index (κ1) is 25.5. The highest BCUT2D eigenvalue weighted by Crippen LogP contribution is 2.30. The monoisotopic (exact) mass is 523 g/mol. The van der Waals surface area contributed by atoms with Crippen molar-refractivity contribution < 1.29 is 19.1 Å². The number of ether oxygens (including phenoxy) is 2. The van der Waals surface area contributed by atoms with Crippen LogP contribution >= 0.6 is 23.8 Å². The molecule has 1 heterocycles. The summed E-state index contributed by atoms with van der Waals surface area (Å²) in [6.45, 7) is 0.409. The standard InChI is InChI=1S/C27H26ClN3O4S/c1-34-23-13-8-18(16-24(23)35-2)14-15-30(27(36)29-20-6-4-3-5-7-20)22-17-25(32)31(26(22)33)21-11-9-19(28)10-12-21/h3-13,16,22H,14-15,17H2,1-2H3,(H,29,36). The summed E-state index contributed by atoms with van der Waals surface area (Å²) in [5.41, 5.74) is 2.26. The Morgan fingerprint density at radius 2 is 1.72 bits per heavy atom. The molecule has 0 radical (unpaired) electrons. The number of rotatable bonds is 8. The summed E-state index contributed by atoms with van der Waals surface area (Å²) in [6, 6.07) is 21.0. The number of nitrogens with one attached hydrogen (secondary N) is 1. The van der Waals surface area contributed by atoms with Crippen molar-refractivity contribution in [2.45, 2.75) is 18.9 Å². The molecule has 1 aliphatic heterocycles. The topological polar surface area (TPSA) is 71.1 Å². The minimum Gasteiger partial charge on any atom is -0.493 e. The maximum absolute atomic E-state index is 13.5. The van der Waals surface area contributed by atoms with Crippen LogP contribution in [0.2, 0.25) is 5.02 Å². The lowest BCUT2D eigenvalue weighted by Gasteiger charge is -2.30. The van der Waals surface area contributed by atoms with E-state index in [0.717, 1.165) is 11.3 Å². The van der Waals surface area contributed by atoms with E-state index in [4.69, 9.17) is 33.3 Å². The fraction of sp³-hybridized carbons (Fsp3) is 0.222. The molecule has 0 aliphatic carbocycles. The average molecular weight is 524 g/mol. The van der Waals surface area contributed by atoms with E-state index in [1.165, 1.54) is 4.90 Å². The molecule has 36 heavy (non-hydrogen) atoms. The first-order valence-corrected chi connectivity index (χ1v) is 12.2. The van der Waals surface area contributed by atoms with E-state index in [0.29, 0.717) is 40.3 Å². The Morgan fingerprint density at radius 1 is 1.03 bits per heavy atom. The van der Waals surface area contributed by atoms with Crippen LogP contribution < -0.4 is 19.7 Å². The number of amides is 2. The van der Waals surface area contributed by atoms with Crippen LogP contribution in [0.15, 0.2) is 72.8 Å². The van der Waals surface area contributed by atoms with Gasteiger partial charge >= 0.3 is 0 Å². The second kappa shape index (κ2) is 11.4. The number of hydrogen-bond donors (Lipinski definition) is 1. The number of anilines is 2. The van der Waals surface area contributed by atoms with E-state index in [1.807, 2.05) is 48.5 Å². The van der Waals surface area contributed by atoms with E-state index < -0.39 is 6.04 Å². The van der Waals surface area contributed by atoms with Crippen molar-refractivity contribution in [1.82, 2.24) is 4.90 Å². The van der Waals surface area contributed by atoms with Crippen LogP contribution in [0.25, 0.3) is 0 Å². The first-order chi connectivity index (χ1) is 17.4. The van der Waals surface area contributed by atoms with E-state index in [1.54, 1.807) is 43.4 Å². The van der Waals surface area contributed by atoms with Gasteiger partial charge in [-0.25, -0.2) is 4.90 Å². The molecule has 3 aromatic carbocycles. The zero-order chi connectivity index (χ0) is 25.7. The number of para-hydroxylation sites is 1. The first-order valence-electron chi connectivity index (χ1n) is 11.4. The molecule has 1 fully saturated rings. The SMILES string of the molecule is COc1ccc(CCN(C(=S)Nc2ccccc2)C2CC(=O)N(c3ccc(Cl)cc3)C2=O)cc1OC. The number of benzene rings is 3. The summed E-state index contributed by atoms with van der Waals surface area (Å²) >= 11 is 11.7. The lowest BCUT2D eigenvalue weighted by Crippen LogP contribution is -2.48. The van der Waals surface area contributed by atoms with Crippen molar-refractivity contribution in [3.05, 3.63) is 83.4 Å². The molecular formula is C27H26ClN3O4S. The van der Waals surface area contributed by atoms with Gasteiger partial charge in [0.25, 0.3) is 5.91 Å². The number of carbonyl (C=O) groups excluding carboxylic acids is 2. The molecule has 1 aliphatic rings. The van der Waals surface area contributed by atoms with Crippen molar-refractivity contribution in [1.29, 1.82) is 0 Å². The molecule has 3 aromatic rings. The van der Waals surface area contributed by atoms with Crippen LogP contribution in [0.3, 0.4) is 0 Å². The second-order valence-electron chi connectivity index (χ2n) is 8.19. The predicted molar refractivity (Wildman–Crippen MR) is 145 cm³/mol. The second-order valence-corrected chi connectivity index (χ2v) is 9.02. The number of methoxy groups -OCH3 is 2. The van der Waals surface area contributed by atoms with Gasteiger partial charge in [-0.05, 0) is 72.7 Å². The van der Waals surface area contributed by atoms with Gasteiger partial charge < -0.3 is 19.7 Å². The third kappa shape index (κ3) is 5.61. The Hall–Kier alpha value is -3.62. The molecule has 1 saturated heterocycles. The number of nitrogens with zero attached hydrogens (tertiary/aromatic N) is 2. The molecule has 0 bridgehead atoms. The molecule has 7 nitrogen and oxygen atoms in total. The van der Waals surface area contributed by atoms with Crippen LogP contribution in [0.1, 0.15) is 12.0 Å². The molecule has 0 saturated carbocycles. The zero-order valence-electron chi connectivity index (χ0n) is 19.9. The molecule has 1 N–H and O–H groups in total. The molecule has 9 heteroatoms. The summed E-state index contributed by atoms with van der Waals surface area (Å²) in [6.07, 6.45) is 0.583. The molecule has 2 amide bonds. The average Bonchev–Trinajstić information content (AvgIpc) is 3.18. The number of carbonyl (C=O) groups is 2. The Labute approximate surface area is 220 Å². The highest BCUT2D eigenvalue weighted by atomic mass is 35.5. The van der Waals surface area contributed by atoms with Gasteiger partial charge in [-0.2, -0.15) is 0 Å². The van der Waals surface area contributed by atoms with Crippen LogP contribution in [-0.2, 0) is 16.0 Å². The molecular weight excluding hydrogens is 498 g/mol. The van der Waals surface area contributed by atoms with Gasteiger partial charge in [0, 0.05) is 17.3 Å². The Bertz CT molecular complexity index is 1250. The van der Waals surface area contributed by atoms with Crippen molar-refractivity contribution >= 4 is 52.1 Å². The smallest absolute Gasteiger partial charge is 0.257 e. The largest absolute Gasteiger partial charge is 0.493 e. The Balaban J connectivity index is 1.59. The molecule has 186 valence electrons. The minimum absolute atomic E-state index is 0.0179. The van der Waals surface area contributed by atoms with Crippen LogP contribution in [0, 0.1) is 0 Å². The number of halogens is 1. The third-order valence-electron chi connectivity index (χ3n) is 5.96. The quantitative estimate of drug-likeness (QED) is 0.331. The van der Waals surface area contributed by atoms with Crippen LogP contribution in [-0.4, -0.2) is 48.6 Å². The number of imide groups is 1. The highest BCUT2D eigenvalue weighted by molar-refractivity contribution is 7.80. The maximum Gasteiger partial charge on any atom is 0.257 e. The van der Waals surface area contributed by atoms with E-state index in [2.05, 4.69) is 5.32 Å². The van der Waals surface area contributed by atoms with Crippen LogP contribution in [0.4, 0.5) is 11.4 Å². The predicted octanol–water partition coefficient (Wildman–Crippen LogP) is 4.93. The number of hydrogen-bond acceptors (Lipinski definition) is 5. The lowest BCUT2D eigenvalue weighted by atomic mass is 10.1. The fourth-order valence-electron chi connectivity index (χ4n) is 4.12. The van der Waals surface area contributed by atoms with Crippen molar-refractivity contribution in [2.24, 2.45) is 0 Å². The summed E-state index contributed by atoms with van der Waals surface area (Å²) in [5, 5.41) is 4.10. The fourth-order valence-corrected chi connectivity index (χ4v) is 4.58. The van der Waals surface area contributed by atoms with Crippen LogP contribution in [0.5, 0.6) is 11.5 Å². The normalized spacial score (nSPS) is 15.1. The zero-order valence-corrected chi connectivity index (χ0v) is 21.5. The third-order valence-corrected chi connectivity index (χ3v) is 6.55. The van der Waals surface area contributed by atoms with Crippen molar-refractivity contribution in [2.75, 3.05) is 31.0 Å². The summed E-state index contributed by atoms with van der Waals surface area (Å²) < 4.78 is 10.7. The minimum atomic E-state index is -0.739. The van der Waals surface area contributed by atoms with Gasteiger partial charge in [0.1, 0.15) is 6.04 Å². The summed E-state index contributed by atoms with van der Waals surface area (Å²) in [7, 11) is 3.17.